The number of anilines is 1. The fourth-order valence-electron chi connectivity index (χ4n) is 2.71. The molecule has 1 heterocycles. The molecule has 3 nitrogen and oxygen atoms in total. The number of furan rings is 1. The van der Waals surface area contributed by atoms with Gasteiger partial charge in [0.1, 0.15) is 5.76 Å². The lowest BCUT2D eigenvalue weighted by molar-refractivity contribution is 0.499. The predicted molar refractivity (Wildman–Crippen MR) is 87.3 cm³/mol. The van der Waals surface area contributed by atoms with Crippen molar-refractivity contribution >= 4 is 16.5 Å². The molecule has 0 amide bonds. The molecule has 2 N–H and O–H groups in total. The molecular formula is C18H20N2O. The Hall–Kier alpha value is -2.26. The molecule has 0 fully saturated rings. The van der Waals surface area contributed by atoms with Crippen LogP contribution in [0.4, 0.5) is 5.69 Å². The van der Waals surface area contributed by atoms with Gasteiger partial charge in [-0.2, -0.15) is 0 Å². The molecular weight excluding hydrogens is 260 g/mol. The van der Waals surface area contributed by atoms with Gasteiger partial charge in [0.2, 0.25) is 0 Å². The number of nitrogens with zero attached hydrogens (tertiary/aromatic N) is 1. The second-order valence-electron chi connectivity index (χ2n) is 5.09. The Balaban J connectivity index is 1.99. The SMILES string of the molecule is CCN(Cc1occc1CN)c1cccc2ccccc12. The van der Waals surface area contributed by atoms with E-state index in [2.05, 4.69) is 54.3 Å². The van der Waals surface area contributed by atoms with Crippen LogP contribution in [0.2, 0.25) is 0 Å². The fraction of sp³-hybridized carbons (Fsp3) is 0.222. The highest BCUT2D eigenvalue weighted by Crippen LogP contribution is 2.28. The Bertz CT molecular complexity index is 727. The average Bonchev–Trinajstić information content (AvgIpc) is 2.99. The first kappa shape index (κ1) is 13.7. The molecule has 3 rings (SSSR count). The molecule has 3 heteroatoms. The second-order valence-corrected chi connectivity index (χ2v) is 5.09. The Morgan fingerprint density at radius 2 is 1.86 bits per heavy atom. The van der Waals surface area contributed by atoms with E-state index in [1.165, 1.54) is 16.5 Å². The van der Waals surface area contributed by atoms with Crippen LogP contribution in [0.25, 0.3) is 10.8 Å². The largest absolute Gasteiger partial charge is 0.467 e. The van der Waals surface area contributed by atoms with Crippen LogP contribution in [0.15, 0.2) is 59.2 Å². The zero-order valence-corrected chi connectivity index (χ0v) is 12.3. The Kier molecular flexibility index (Phi) is 3.93. The third kappa shape index (κ3) is 2.65. The maximum atomic E-state index is 5.76. The normalized spacial score (nSPS) is 11.0. The van der Waals surface area contributed by atoms with Crippen molar-refractivity contribution in [3.05, 3.63) is 66.1 Å². The van der Waals surface area contributed by atoms with Crippen molar-refractivity contribution in [3.63, 3.8) is 0 Å². The maximum Gasteiger partial charge on any atom is 0.127 e. The summed E-state index contributed by atoms with van der Waals surface area (Å²) in [6.45, 7) is 4.33. The van der Waals surface area contributed by atoms with Crippen molar-refractivity contribution in [1.29, 1.82) is 0 Å². The lowest BCUT2D eigenvalue weighted by Crippen LogP contribution is -2.22. The number of benzene rings is 2. The molecule has 0 atom stereocenters. The second kappa shape index (κ2) is 6.02. The van der Waals surface area contributed by atoms with Gasteiger partial charge >= 0.3 is 0 Å². The highest BCUT2D eigenvalue weighted by Gasteiger charge is 2.13. The van der Waals surface area contributed by atoms with Crippen LogP contribution in [-0.2, 0) is 13.1 Å². The zero-order chi connectivity index (χ0) is 14.7. The van der Waals surface area contributed by atoms with Gasteiger partial charge in [0.05, 0.1) is 12.8 Å². The van der Waals surface area contributed by atoms with E-state index >= 15 is 0 Å². The molecule has 0 bridgehead atoms. The van der Waals surface area contributed by atoms with Crippen LogP contribution in [0, 0.1) is 0 Å². The van der Waals surface area contributed by atoms with Crippen LogP contribution in [0.5, 0.6) is 0 Å². The summed E-state index contributed by atoms with van der Waals surface area (Å²) in [6, 6.07) is 16.8. The van der Waals surface area contributed by atoms with Crippen LogP contribution in [-0.4, -0.2) is 6.54 Å². The van der Waals surface area contributed by atoms with Gasteiger partial charge in [0.15, 0.2) is 0 Å². The maximum absolute atomic E-state index is 5.76. The third-order valence-electron chi connectivity index (χ3n) is 3.88. The highest BCUT2D eigenvalue weighted by molar-refractivity contribution is 5.94. The minimum Gasteiger partial charge on any atom is -0.467 e. The summed E-state index contributed by atoms with van der Waals surface area (Å²) >= 11 is 0. The summed E-state index contributed by atoms with van der Waals surface area (Å²) in [5.74, 6) is 0.951. The van der Waals surface area contributed by atoms with E-state index in [0.717, 1.165) is 24.4 Å². The number of rotatable bonds is 5. The van der Waals surface area contributed by atoms with Gasteiger partial charge in [-0.05, 0) is 24.4 Å². The van der Waals surface area contributed by atoms with E-state index < -0.39 is 0 Å². The van der Waals surface area contributed by atoms with Gasteiger partial charge < -0.3 is 15.1 Å². The van der Waals surface area contributed by atoms with Crippen molar-refractivity contribution in [1.82, 2.24) is 0 Å². The topological polar surface area (TPSA) is 42.4 Å². The van der Waals surface area contributed by atoms with Gasteiger partial charge in [0, 0.05) is 29.7 Å². The lowest BCUT2D eigenvalue weighted by atomic mass is 10.1. The predicted octanol–water partition coefficient (Wildman–Crippen LogP) is 3.92. The van der Waals surface area contributed by atoms with Gasteiger partial charge in [0.25, 0.3) is 0 Å². The van der Waals surface area contributed by atoms with E-state index in [4.69, 9.17) is 10.2 Å². The summed E-state index contributed by atoms with van der Waals surface area (Å²) in [5.41, 5.74) is 8.07. The van der Waals surface area contributed by atoms with Crippen molar-refractivity contribution in [3.8, 4) is 0 Å². The highest BCUT2D eigenvalue weighted by atomic mass is 16.3. The smallest absolute Gasteiger partial charge is 0.127 e. The monoisotopic (exact) mass is 280 g/mol. The summed E-state index contributed by atoms with van der Waals surface area (Å²) in [4.78, 5) is 2.32. The van der Waals surface area contributed by atoms with Crippen LogP contribution >= 0.6 is 0 Å². The first-order chi connectivity index (χ1) is 10.3. The van der Waals surface area contributed by atoms with E-state index in [0.29, 0.717) is 6.54 Å². The zero-order valence-electron chi connectivity index (χ0n) is 12.3. The molecule has 0 unspecified atom stereocenters. The third-order valence-corrected chi connectivity index (χ3v) is 3.88. The summed E-state index contributed by atoms with van der Waals surface area (Å²) in [6.07, 6.45) is 1.72. The molecule has 108 valence electrons. The number of hydrogen-bond donors (Lipinski definition) is 1. The van der Waals surface area contributed by atoms with E-state index in [-0.39, 0.29) is 0 Å². The molecule has 0 radical (unpaired) electrons. The Morgan fingerprint density at radius 3 is 2.67 bits per heavy atom. The van der Waals surface area contributed by atoms with Crippen molar-refractivity contribution in [2.75, 3.05) is 11.4 Å². The first-order valence-electron chi connectivity index (χ1n) is 7.31. The van der Waals surface area contributed by atoms with E-state index in [9.17, 15) is 0 Å². The van der Waals surface area contributed by atoms with Gasteiger partial charge in [-0.3, -0.25) is 0 Å². The molecule has 0 aliphatic carbocycles. The molecule has 0 aliphatic heterocycles. The first-order valence-corrected chi connectivity index (χ1v) is 7.31. The average molecular weight is 280 g/mol. The van der Waals surface area contributed by atoms with Gasteiger partial charge in [-0.25, -0.2) is 0 Å². The quantitative estimate of drug-likeness (QED) is 0.770. The molecule has 0 aliphatic rings. The Labute approximate surface area is 125 Å². The fourth-order valence-corrected chi connectivity index (χ4v) is 2.71. The standard InChI is InChI=1S/C18H20N2O/c1-2-20(13-18-15(12-19)10-11-21-18)17-9-5-7-14-6-3-4-8-16(14)17/h3-11H,2,12-13,19H2,1H3. The minimum atomic E-state index is 0.513. The summed E-state index contributed by atoms with van der Waals surface area (Å²) < 4.78 is 5.60. The summed E-state index contributed by atoms with van der Waals surface area (Å²) in [5, 5.41) is 2.52. The van der Waals surface area contributed by atoms with Gasteiger partial charge in [-0.15, -0.1) is 0 Å². The Morgan fingerprint density at radius 1 is 1.05 bits per heavy atom. The van der Waals surface area contributed by atoms with Crippen LogP contribution < -0.4 is 10.6 Å². The van der Waals surface area contributed by atoms with Crippen molar-refractivity contribution < 1.29 is 4.42 Å². The number of hydrogen-bond acceptors (Lipinski definition) is 3. The summed E-state index contributed by atoms with van der Waals surface area (Å²) in [7, 11) is 0. The number of nitrogens with two attached hydrogens (primary N) is 1. The van der Waals surface area contributed by atoms with Crippen molar-refractivity contribution in [2.45, 2.75) is 20.0 Å². The molecule has 0 saturated carbocycles. The molecule has 21 heavy (non-hydrogen) atoms. The minimum absolute atomic E-state index is 0.513. The molecule has 1 aromatic heterocycles. The van der Waals surface area contributed by atoms with Crippen molar-refractivity contribution in [2.24, 2.45) is 5.73 Å². The molecule has 2 aromatic carbocycles. The number of fused-ring (bicyclic) bond motifs is 1. The van der Waals surface area contributed by atoms with Crippen LogP contribution in [0.1, 0.15) is 18.2 Å². The molecule has 3 aromatic rings. The van der Waals surface area contributed by atoms with Gasteiger partial charge in [-0.1, -0.05) is 36.4 Å². The molecule has 0 spiro atoms. The lowest BCUT2D eigenvalue weighted by Gasteiger charge is -2.24. The van der Waals surface area contributed by atoms with E-state index in [1.807, 2.05) is 6.07 Å². The molecule has 0 saturated heterocycles. The van der Waals surface area contributed by atoms with E-state index in [1.54, 1.807) is 6.26 Å². The van der Waals surface area contributed by atoms with Crippen LogP contribution in [0.3, 0.4) is 0 Å².